The van der Waals surface area contributed by atoms with Gasteiger partial charge in [0, 0.05) is 24.9 Å². The molecule has 1 aliphatic rings. The molecule has 4 nitrogen and oxygen atoms in total. The van der Waals surface area contributed by atoms with E-state index in [1.165, 1.54) is 48.8 Å². The fraction of sp³-hybridized carbons (Fsp3) is 0.611. The minimum atomic E-state index is -3.10. The van der Waals surface area contributed by atoms with Crippen molar-refractivity contribution < 1.29 is 13.2 Å². The van der Waals surface area contributed by atoms with Crippen molar-refractivity contribution in [3.05, 3.63) is 35.4 Å². The van der Waals surface area contributed by atoms with Crippen LogP contribution in [0.1, 0.15) is 60.9 Å². The molecule has 1 amide bonds. The first-order chi connectivity index (χ1) is 10.8. The summed E-state index contributed by atoms with van der Waals surface area (Å²) in [6, 6.07) is 7.51. The topological polar surface area (TPSA) is 54.5 Å². The van der Waals surface area contributed by atoms with Gasteiger partial charge in [-0.05, 0) is 43.4 Å². The summed E-state index contributed by atoms with van der Waals surface area (Å²) in [4.78, 5) is 14.0. The van der Waals surface area contributed by atoms with Gasteiger partial charge in [0.25, 0.3) is 5.91 Å². The highest BCUT2D eigenvalue weighted by molar-refractivity contribution is 7.90. The maximum Gasteiger partial charge on any atom is 0.253 e. The van der Waals surface area contributed by atoms with Crippen LogP contribution in [0.25, 0.3) is 0 Å². The van der Waals surface area contributed by atoms with Gasteiger partial charge >= 0.3 is 0 Å². The Bertz CT molecular complexity index is 631. The first-order valence-electron chi connectivity index (χ1n) is 8.33. The molecule has 0 N–H and O–H groups in total. The van der Waals surface area contributed by atoms with Crippen LogP contribution in [-0.2, 0) is 9.84 Å². The first-order valence-corrected chi connectivity index (χ1v) is 10.4. The zero-order valence-corrected chi connectivity index (χ0v) is 15.1. The summed E-state index contributed by atoms with van der Waals surface area (Å²) in [7, 11) is -1.44. The third-order valence-corrected chi connectivity index (χ3v) is 5.85. The Morgan fingerprint density at radius 1 is 1.17 bits per heavy atom. The molecule has 1 unspecified atom stereocenters. The van der Waals surface area contributed by atoms with E-state index in [0.29, 0.717) is 11.5 Å². The van der Waals surface area contributed by atoms with Gasteiger partial charge in [0.15, 0.2) is 0 Å². The second-order valence-corrected chi connectivity index (χ2v) is 9.00. The van der Waals surface area contributed by atoms with Gasteiger partial charge in [-0.1, -0.05) is 31.4 Å². The second-order valence-electron chi connectivity index (χ2n) is 6.81. The van der Waals surface area contributed by atoms with E-state index in [-0.39, 0.29) is 17.7 Å². The number of nitrogens with zero attached hydrogens (tertiary/aromatic N) is 1. The van der Waals surface area contributed by atoms with Gasteiger partial charge < -0.3 is 4.90 Å². The van der Waals surface area contributed by atoms with E-state index in [0.717, 1.165) is 0 Å². The molecule has 1 saturated carbocycles. The Hall–Kier alpha value is -1.36. The van der Waals surface area contributed by atoms with Crippen LogP contribution in [0.15, 0.2) is 24.3 Å². The number of benzene rings is 1. The lowest BCUT2D eigenvalue weighted by Crippen LogP contribution is -2.39. The van der Waals surface area contributed by atoms with Gasteiger partial charge in [0.05, 0.1) is 5.75 Å². The smallest absolute Gasteiger partial charge is 0.253 e. The second kappa shape index (κ2) is 7.47. The van der Waals surface area contributed by atoms with Gasteiger partial charge in [-0.25, -0.2) is 8.42 Å². The molecular weight excluding hydrogens is 310 g/mol. The predicted molar refractivity (Wildman–Crippen MR) is 93.5 cm³/mol. The van der Waals surface area contributed by atoms with Crippen LogP contribution in [0.5, 0.6) is 0 Å². The van der Waals surface area contributed by atoms with Crippen molar-refractivity contribution in [3.63, 3.8) is 0 Å². The lowest BCUT2D eigenvalue weighted by Gasteiger charge is -2.25. The maximum absolute atomic E-state index is 12.5. The standard InChI is InChI=1S/C18H27NO3S/c1-14(13-23(3,21)22)19(2)18(20)17-11-9-16(10-12-17)15-7-5-4-6-8-15/h9-12,14-15H,4-8,13H2,1-3H3. The average molecular weight is 337 g/mol. The van der Waals surface area contributed by atoms with Crippen molar-refractivity contribution in [2.75, 3.05) is 19.1 Å². The molecule has 1 fully saturated rings. The van der Waals surface area contributed by atoms with Gasteiger partial charge in [-0.2, -0.15) is 0 Å². The van der Waals surface area contributed by atoms with Crippen LogP contribution >= 0.6 is 0 Å². The minimum Gasteiger partial charge on any atom is -0.338 e. The molecule has 0 saturated heterocycles. The highest BCUT2D eigenvalue weighted by Gasteiger charge is 2.21. The third kappa shape index (κ3) is 5.06. The molecule has 1 atom stereocenters. The van der Waals surface area contributed by atoms with E-state index in [2.05, 4.69) is 12.1 Å². The number of amides is 1. The Labute approximate surface area is 139 Å². The van der Waals surface area contributed by atoms with Gasteiger partial charge in [-0.3, -0.25) is 4.79 Å². The molecule has 23 heavy (non-hydrogen) atoms. The van der Waals surface area contributed by atoms with Crippen molar-refractivity contribution in [1.29, 1.82) is 0 Å². The largest absolute Gasteiger partial charge is 0.338 e. The monoisotopic (exact) mass is 337 g/mol. The highest BCUT2D eigenvalue weighted by Crippen LogP contribution is 2.32. The van der Waals surface area contributed by atoms with E-state index >= 15 is 0 Å². The number of sulfone groups is 1. The van der Waals surface area contributed by atoms with Crippen LogP contribution in [0.3, 0.4) is 0 Å². The molecule has 0 heterocycles. The molecule has 1 aliphatic carbocycles. The van der Waals surface area contributed by atoms with Crippen molar-refractivity contribution in [3.8, 4) is 0 Å². The summed E-state index contributed by atoms with van der Waals surface area (Å²) in [5.74, 6) is 0.473. The summed E-state index contributed by atoms with van der Waals surface area (Å²) in [6.45, 7) is 1.76. The number of rotatable bonds is 5. The Morgan fingerprint density at radius 3 is 2.26 bits per heavy atom. The fourth-order valence-corrected chi connectivity index (χ4v) is 4.39. The number of carbonyl (C=O) groups is 1. The van der Waals surface area contributed by atoms with E-state index in [1.807, 2.05) is 12.1 Å². The zero-order valence-electron chi connectivity index (χ0n) is 14.3. The minimum absolute atomic E-state index is 0.0185. The lowest BCUT2D eigenvalue weighted by atomic mass is 9.84. The Balaban J connectivity index is 2.04. The van der Waals surface area contributed by atoms with Crippen LogP contribution in [0, 0.1) is 0 Å². The summed E-state index contributed by atoms with van der Waals surface area (Å²) in [5, 5.41) is 0. The Morgan fingerprint density at radius 2 is 1.74 bits per heavy atom. The summed E-state index contributed by atoms with van der Waals surface area (Å²) in [5.41, 5.74) is 1.93. The van der Waals surface area contributed by atoms with Crippen molar-refractivity contribution >= 4 is 15.7 Å². The predicted octanol–water partition coefficient (Wildman–Crippen LogP) is 3.24. The van der Waals surface area contributed by atoms with Crippen LogP contribution < -0.4 is 0 Å². The molecular formula is C18H27NO3S. The van der Waals surface area contributed by atoms with E-state index < -0.39 is 9.84 Å². The number of hydrogen-bond donors (Lipinski definition) is 0. The van der Waals surface area contributed by atoms with E-state index in [9.17, 15) is 13.2 Å². The molecule has 1 aromatic rings. The third-order valence-electron chi connectivity index (χ3n) is 4.76. The molecule has 0 radical (unpaired) electrons. The molecule has 128 valence electrons. The van der Waals surface area contributed by atoms with Crippen molar-refractivity contribution in [2.24, 2.45) is 0 Å². The normalized spacial score (nSPS) is 17.7. The molecule has 0 spiro atoms. The average Bonchev–Trinajstić information content (AvgIpc) is 2.53. The maximum atomic E-state index is 12.5. The Kier molecular flexibility index (Phi) is 5.84. The van der Waals surface area contributed by atoms with E-state index in [1.54, 1.807) is 14.0 Å². The van der Waals surface area contributed by atoms with Crippen molar-refractivity contribution in [2.45, 2.75) is 51.0 Å². The lowest BCUT2D eigenvalue weighted by molar-refractivity contribution is 0.0757. The van der Waals surface area contributed by atoms with Crippen LogP contribution in [0.4, 0.5) is 0 Å². The van der Waals surface area contributed by atoms with Crippen LogP contribution in [0.2, 0.25) is 0 Å². The number of carbonyl (C=O) groups excluding carboxylic acids is 1. The van der Waals surface area contributed by atoms with Crippen LogP contribution in [-0.4, -0.2) is 44.3 Å². The SMILES string of the molecule is CC(CS(C)(=O)=O)N(C)C(=O)c1ccc(C2CCCCC2)cc1. The summed E-state index contributed by atoms with van der Waals surface area (Å²) in [6.07, 6.45) is 7.57. The van der Waals surface area contributed by atoms with Crippen molar-refractivity contribution in [1.82, 2.24) is 4.90 Å². The summed E-state index contributed by atoms with van der Waals surface area (Å²) < 4.78 is 22.8. The van der Waals surface area contributed by atoms with Gasteiger partial charge in [0.2, 0.25) is 0 Å². The molecule has 2 rings (SSSR count). The molecule has 0 bridgehead atoms. The van der Waals surface area contributed by atoms with Gasteiger partial charge in [-0.15, -0.1) is 0 Å². The fourth-order valence-electron chi connectivity index (χ4n) is 3.29. The molecule has 5 heteroatoms. The molecule has 0 aliphatic heterocycles. The first kappa shape index (κ1) is 18.0. The van der Waals surface area contributed by atoms with Gasteiger partial charge in [0.1, 0.15) is 9.84 Å². The molecule has 1 aromatic carbocycles. The quantitative estimate of drug-likeness (QED) is 0.829. The molecule has 0 aromatic heterocycles. The zero-order chi connectivity index (χ0) is 17.0. The van der Waals surface area contributed by atoms with E-state index in [4.69, 9.17) is 0 Å². The number of hydrogen-bond acceptors (Lipinski definition) is 3. The highest BCUT2D eigenvalue weighted by atomic mass is 32.2. The summed E-state index contributed by atoms with van der Waals surface area (Å²) >= 11 is 0.